The summed E-state index contributed by atoms with van der Waals surface area (Å²) in [4.78, 5) is 48.3. The van der Waals surface area contributed by atoms with E-state index in [2.05, 4.69) is 20.6 Å². The lowest BCUT2D eigenvalue weighted by molar-refractivity contribution is -0.153. The summed E-state index contributed by atoms with van der Waals surface area (Å²) < 4.78 is 40.6. The van der Waals surface area contributed by atoms with E-state index in [-0.39, 0.29) is 48.4 Å². The fraction of sp³-hybridized carbons (Fsp3) is 0.435. The molecule has 3 aliphatic heterocycles. The number of halogens is 2. The van der Waals surface area contributed by atoms with Gasteiger partial charge in [0, 0.05) is 30.9 Å². The number of fused-ring (bicyclic) bond motifs is 4. The van der Waals surface area contributed by atoms with E-state index in [0.717, 1.165) is 0 Å². The Hall–Kier alpha value is -3.67. The number of rotatable bonds is 4. The summed E-state index contributed by atoms with van der Waals surface area (Å²) in [5.74, 6) is -2.52. The SMILES string of the molecule is CC1CN2c3c(cc(-c4cnccn4)c(OCCF)c3F)CC3(C(=O)NC(=O)NC3=O)C2C(C)O1. The molecule has 2 fully saturated rings. The Kier molecular flexibility index (Phi) is 5.62. The number of amides is 4. The number of morpholine rings is 1. The quantitative estimate of drug-likeness (QED) is 0.623. The first-order valence-electron chi connectivity index (χ1n) is 11.2. The molecule has 4 heterocycles. The Morgan fingerprint density at radius 2 is 1.97 bits per heavy atom. The van der Waals surface area contributed by atoms with Crippen LogP contribution in [-0.2, 0) is 20.7 Å². The molecule has 1 aromatic carbocycles. The number of nitrogens with zero attached hydrogens (tertiary/aromatic N) is 3. The number of hydrogen-bond donors (Lipinski definition) is 2. The molecule has 0 saturated carbocycles. The van der Waals surface area contributed by atoms with Crippen LogP contribution in [0.1, 0.15) is 19.4 Å². The maximum atomic E-state index is 16.2. The van der Waals surface area contributed by atoms with Gasteiger partial charge >= 0.3 is 6.03 Å². The summed E-state index contributed by atoms with van der Waals surface area (Å²) in [6.07, 6.45) is 3.06. The van der Waals surface area contributed by atoms with Gasteiger partial charge in [-0.2, -0.15) is 0 Å². The van der Waals surface area contributed by atoms with Crippen LogP contribution in [0.3, 0.4) is 0 Å². The minimum Gasteiger partial charge on any atom is -0.487 e. The molecule has 0 radical (unpaired) electrons. The van der Waals surface area contributed by atoms with E-state index in [1.807, 2.05) is 0 Å². The van der Waals surface area contributed by atoms with Gasteiger partial charge in [-0.1, -0.05) is 0 Å². The average Bonchev–Trinajstić information content (AvgIpc) is 2.81. The van der Waals surface area contributed by atoms with Crippen molar-refractivity contribution in [2.75, 3.05) is 24.7 Å². The summed E-state index contributed by atoms with van der Waals surface area (Å²) in [5.41, 5.74) is -0.794. The molecule has 1 spiro atoms. The molecule has 184 valence electrons. The van der Waals surface area contributed by atoms with Gasteiger partial charge in [-0.15, -0.1) is 0 Å². The molecule has 0 bridgehead atoms. The maximum absolute atomic E-state index is 16.2. The number of urea groups is 1. The Labute approximate surface area is 199 Å². The van der Waals surface area contributed by atoms with Crippen LogP contribution in [-0.4, -0.2) is 65.9 Å². The van der Waals surface area contributed by atoms with Crippen molar-refractivity contribution in [2.24, 2.45) is 5.41 Å². The third-order valence-corrected chi connectivity index (χ3v) is 6.64. The molecule has 1 aromatic heterocycles. The standard InChI is InChI=1S/C23H23F2N5O5/c1-11-10-30-17-13(7-14(15-9-26-4-5-27-15)18(16(17)25)34-6-3-24)8-23(19(30)12(2)35-11)20(31)28-22(33)29-21(23)32/h4-5,7,9,11-12,19H,3,6,8,10H2,1-2H3,(H2,28,29,31,32,33). The van der Waals surface area contributed by atoms with Gasteiger partial charge < -0.3 is 14.4 Å². The van der Waals surface area contributed by atoms with Crippen molar-refractivity contribution in [1.29, 1.82) is 0 Å². The minimum atomic E-state index is -1.76. The van der Waals surface area contributed by atoms with Crippen LogP contribution in [0.5, 0.6) is 5.75 Å². The van der Waals surface area contributed by atoms with Crippen molar-refractivity contribution < 1.29 is 32.6 Å². The third kappa shape index (κ3) is 3.51. The second-order valence-corrected chi connectivity index (χ2v) is 8.84. The molecular weight excluding hydrogens is 464 g/mol. The first kappa shape index (κ1) is 23.1. The highest BCUT2D eigenvalue weighted by Gasteiger charge is 2.63. The van der Waals surface area contributed by atoms with Crippen molar-refractivity contribution in [3.8, 4) is 17.0 Å². The number of ether oxygens (including phenoxy) is 2. The highest BCUT2D eigenvalue weighted by molar-refractivity contribution is 6.20. The van der Waals surface area contributed by atoms with Crippen molar-refractivity contribution in [3.63, 3.8) is 0 Å². The summed E-state index contributed by atoms with van der Waals surface area (Å²) in [6, 6.07) is -0.247. The van der Waals surface area contributed by atoms with Crippen LogP contribution in [0.25, 0.3) is 11.3 Å². The van der Waals surface area contributed by atoms with Crippen LogP contribution in [0.2, 0.25) is 0 Å². The Bertz CT molecular complexity index is 1190. The first-order valence-corrected chi connectivity index (χ1v) is 11.2. The zero-order valence-electron chi connectivity index (χ0n) is 19.0. The number of hydrogen-bond acceptors (Lipinski definition) is 8. The lowest BCUT2D eigenvalue weighted by Crippen LogP contribution is -2.75. The van der Waals surface area contributed by atoms with Crippen molar-refractivity contribution in [1.82, 2.24) is 20.6 Å². The van der Waals surface area contributed by atoms with Gasteiger partial charge in [0.05, 0.1) is 35.8 Å². The molecule has 10 nitrogen and oxygen atoms in total. The third-order valence-electron chi connectivity index (χ3n) is 6.64. The highest BCUT2D eigenvalue weighted by Crippen LogP contribution is 2.51. The second-order valence-electron chi connectivity index (χ2n) is 8.84. The smallest absolute Gasteiger partial charge is 0.328 e. The molecule has 2 saturated heterocycles. The van der Waals surface area contributed by atoms with Crippen molar-refractivity contribution in [2.45, 2.75) is 38.5 Å². The maximum Gasteiger partial charge on any atom is 0.328 e. The van der Waals surface area contributed by atoms with Crippen LogP contribution in [0.4, 0.5) is 19.3 Å². The number of nitrogens with one attached hydrogen (secondary N) is 2. The number of imide groups is 2. The lowest BCUT2D eigenvalue weighted by Gasteiger charge is -2.55. The molecular formula is C23H23F2N5O5. The lowest BCUT2D eigenvalue weighted by atomic mass is 9.66. The molecule has 2 N–H and O–H groups in total. The van der Waals surface area contributed by atoms with Gasteiger partial charge in [0.2, 0.25) is 11.8 Å². The van der Waals surface area contributed by atoms with Crippen LogP contribution in [0, 0.1) is 11.2 Å². The summed E-state index contributed by atoms with van der Waals surface area (Å²) >= 11 is 0. The first-order chi connectivity index (χ1) is 16.8. The van der Waals surface area contributed by atoms with Gasteiger partial charge in [-0.25, -0.2) is 13.6 Å². The fourth-order valence-electron chi connectivity index (χ4n) is 5.45. The normalized spacial score (nSPS) is 25.0. The number of aromatic nitrogens is 2. The number of alkyl halides is 1. The van der Waals surface area contributed by atoms with Crippen LogP contribution >= 0.6 is 0 Å². The molecule has 5 rings (SSSR count). The van der Waals surface area contributed by atoms with Crippen LogP contribution < -0.4 is 20.3 Å². The molecule has 2 aromatic rings. The molecule has 3 aliphatic rings. The zero-order valence-corrected chi connectivity index (χ0v) is 19.0. The van der Waals surface area contributed by atoms with Gasteiger partial charge in [0.25, 0.3) is 0 Å². The number of anilines is 1. The largest absolute Gasteiger partial charge is 0.487 e. The Balaban J connectivity index is 1.76. The second kappa shape index (κ2) is 8.52. The Morgan fingerprint density at radius 3 is 2.63 bits per heavy atom. The molecule has 4 amide bonds. The predicted molar refractivity (Wildman–Crippen MR) is 118 cm³/mol. The van der Waals surface area contributed by atoms with Gasteiger partial charge in [-0.3, -0.25) is 30.2 Å². The topological polar surface area (TPSA) is 123 Å². The summed E-state index contributed by atoms with van der Waals surface area (Å²) in [7, 11) is 0. The summed E-state index contributed by atoms with van der Waals surface area (Å²) in [5, 5.41) is 4.38. The van der Waals surface area contributed by atoms with E-state index < -0.39 is 47.9 Å². The van der Waals surface area contributed by atoms with Crippen LogP contribution in [0.15, 0.2) is 24.7 Å². The number of carbonyl (C=O) groups is 3. The van der Waals surface area contributed by atoms with Gasteiger partial charge in [-0.05, 0) is 25.5 Å². The van der Waals surface area contributed by atoms with Crippen molar-refractivity contribution in [3.05, 3.63) is 36.0 Å². The Morgan fingerprint density at radius 1 is 1.23 bits per heavy atom. The number of carbonyl (C=O) groups excluding carboxylic acids is 3. The number of barbiturate groups is 1. The molecule has 35 heavy (non-hydrogen) atoms. The predicted octanol–water partition coefficient (Wildman–Crippen LogP) is 1.52. The van der Waals surface area contributed by atoms with Gasteiger partial charge in [0.15, 0.2) is 17.0 Å². The van der Waals surface area contributed by atoms with E-state index in [1.165, 1.54) is 18.6 Å². The molecule has 3 unspecified atom stereocenters. The molecule has 0 aliphatic carbocycles. The summed E-state index contributed by atoms with van der Waals surface area (Å²) in [6.45, 7) is 2.46. The number of benzene rings is 1. The minimum absolute atomic E-state index is 0.140. The fourth-order valence-corrected chi connectivity index (χ4v) is 5.45. The van der Waals surface area contributed by atoms with E-state index in [4.69, 9.17) is 9.47 Å². The average molecular weight is 487 g/mol. The monoisotopic (exact) mass is 487 g/mol. The molecule has 12 heteroatoms. The van der Waals surface area contributed by atoms with E-state index >= 15 is 4.39 Å². The van der Waals surface area contributed by atoms with E-state index in [1.54, 1.807) is 24.8 Å². The van der Waals surface area contributed by atoms with Gasteiger partial charge in [0.1, 0.15) is 13.3 Å². The van der Waals surface area contributed by atoms with Crippen molar-refractivity contribution >= 4 is 23.5 Å². The van der Waals surface area contributed by atoms with E-state index in [9.17, 15) is 18.8 Å². The molecule has 3 atom stereocenters. The zero-order chi connectivity index (χ0) is 24.9. The van der Waals surface area contributed by atoms with E-state index in [0.29, 0.717) is 5.56 Å². The highest BCUT2D eigenvalue weighted by atomic mass is 19.1.